The predicted molar refractivity (Wildman–Crippen MR) is 86.2 cm³/mol. The minimum atomic E-state index is -3.42. The summed E-state index contributed by atoms with van der Waals surface area (Å²) in [5, 5.41) is 0. The van der Waals surface area contributed by atoms with Gasteiger partial charge in [0, 0.05) is 32.7 Å². The number of nitrogens with zero attached hydrogens (tertiary/aromatic N) is 2. The van der Waals surface area contributed by atoms with Crippen LogP contribution in [-0.2, 0) is 14.9 Å². The molecule has 0 bridgehead atoms. The van der Waals surface area contributed by atoms with E-state index in [0.29, 0.717) is 32.8 Å². The number of rotatable bonds is 6. The van der Waals surface area contributed by atoms with Gasteiger partial charge in [0.1, 0.15) is 5.76 Å². The third kappa shape index (κ3) is 4.33. The summed E-state index contributed by atoms with van der Waals surface area (Å²) in [6, 6.07) is 3.63. The van der Waals surface area contributed by atoms with Crippen LogP contribution >= 0.6 is 0 Å². The maximum Gasteiger partial charge on any atom is 0.279 e. The number of morpholine rings is 1. The average molecular weight is 343 g/mol. The van der Waals surface area contributed by atoms with E-state index in [2.05, 4.69) is 9.62 Å². The molecule has 1 atom stereocenters. The lowest BCUT2D eigenvalue weighted by molar-refractivity contribution is 0.0127. The molecule has 1 N–H and O–H groups in total. The van der Waals surface area contributed by atoms with Crippen molar-refractivity contribution in [2.75, 3.05) is 45.9 Å². The summed E-state index contributed by atoms with van der Waals surface area (Å²) < 4.78 is 40.2. The highest BCUT2D eigenvalue weighted by atomic mass is 32.2. The first kappa shape index (κ1) is 16.9. The maximum absolute atomic E-state index is 12.5. The molecule has 0 radical (unpaired) electrons. The van der Waals surface area contributed by atoms with Gasteiger partial charge in [-0.25, -0.2) is 4.72 Å². The number of hydrogen-bond donors (Lipinski definition) is 1. The third-order valence-electron chi connectivity index (χ3n) is 4.47. The number of piperidine rings is 1. The largest absolute Gasteiger partial charge is 0.468 e. The Bertz CT molecular complexity index is 564. The molecule has 1 unspecified atom stereocenters. The van der Waals surface area contributed by atoms with Gasteiger partial charge in [0.05, 0.1) is 25.5 Å². The van der Waals surface area contributed by atoms with Crippen LogP contribution in [0.5, 0.6) is 0 Å². The van der Waals surface area contributed by atoms with Crippen molar-refractivity contribution in [1.29, 1.82) is 0 Å². The van der Waals surface area contributed by atoms with E-state index in [0.717, 1.165) is 38.1 Å². The fraction of sp³-hybridized carbons (Fsp3) is 0.733. The first-order valence-corrected chi connectivity index (χ1v) is 9.71. The highest BCUT2D eigenvalue weighted by molar-refractivity contribution is 7.87. The van der Waals surface area contributed by atoms with E-state index in [1.54, 1.807) is 10.6 Å². The van der Waals surface area contributed by atoms with Crippen molar-refractivity contribution in [1.82, 2.24) is 13.9 Å². The van der Waals surface area contributed by atoms with E-state index in [9.17, 15) is 8.42 Å². The Balaban J connectivity index is 1.66. The summed E-state index contributed by atoms with van der Waals surface area (Å²) in [6.07, 6.45) is 4.61. The zero-order valence-corrected chi connectivity index (χ0v) is 14.1. The molecule has 7 nitrogen and oxygen atoms in total. The van der Waals surface area contributed by atoms with Gasteiger partial charge in [-0.1, -0.05) is 6.42 Å². The van der Waals surface area contributed by atoms with Gasteiger partial charge in [0.15, 0.2) is 0 Å². The van der Waals surface area contributed by atoms with E-state index < -0.39 is 10.2 Å². The number of furan rings is 1. The van der Waals surface area contributed by atoms with E-state index in [1.807, 2.05) is 12.1 Å². The van der Waals surface area contributed by atoms with Crippen LogP contribution in [0.4, 0.5) is 0 Å². The van der Waals surface area contributed by atoms with Crippen molar-refractivity contribution < 1.29 is 17.6 Å². The maximum atomic E-state index is 12.5. The number of nitrogens with one attached hydrogen (secondary N) is 1. The van der Waals surface area contributed by atoms with Crippen LogP contribution in [0, 0.1) is 0 Å². The highest BCUT2D eigenvalue weighted by Gasteiger charge is 2.29. The van der Waals surface area contributed by atoms with Crippen LogP contribution in [0.3, 0.4) is 0 Å². The van der Waals surface area contributed by atoms with Gasteiger partial charge in [-0.05, 0) is 25.0 Å². The Hall–Kier alpha value is -0.930. The molecule has 1 aromatic rings. The van der Waals surface area contributed by atoms with Crippen molar-refractivity contribution in [3.8, 4) is 0 Å². The molecule has 3 heterocycles. The lowest BCUT2D eigenvalue weighted by Gasteiger charge is -2.34. The van der Waals surface area contributed by atoms with Gasteiger partial charge in [-0.15, -0.1) is 0 Å². The van der Waals surface area contributed by atoms with Crippen molar-refractivity contribution in [3.63, 3.8) is 0 Å². The minimum Gasteiger partial charge on any atom is -0.468 e. The predicted octanol–water partition coefficient (Wildman–Crippen LogP) is 0.973. The van der Waals surface area contributed by atoms with Crippen molar-refractivity contribution in [2.45, 2.75) is 25.3 Å². The number of hydrogen-bond acceptors (Lipinski definition) is 5. The second kappa shape index (κ2) is 7.76. The van der Waals surface area contributed by atoms with Crippen LogP contribution in [-0.4, -0.2) is 63.6 Å². The molecular formula is C15H25N3O4S. The summed E-state index contributed by atoms with van der Waals surface area (Å²) in [5.74, 6) is 0.785. The molecule has 2 aliphatic heterocycles. The molecular weight excluding hydrogens is 318 g/mol. The third-order valence-corrected chi connectivity index (χ3v) is 6.05. The summed E-state index contributed by atoms with van der Waals surface area (Å²) in [6.45, 7) is 4.41. The Morgan fingerprint density at radius 1 is 1.13 bits per heavy atom. The Labute approximate surface area is 137 Å². The summed E-state index contributed by atoms with van der Waals surface area (Å²) >= 11 is 0. The number of ether oxygens (including phenoxy) is 1. The topological polar surface area (TPSA) is 75.0 Å². The lowest BCUT2D eigenvalue weighted by Crippen LogP contribution is -2.48. The molecule has 1 aromatic heterocycles. The molecule has 0 saturated carbocycles. The SMILES string of the molecule is O=S(=O)(NCC(c1ccco1)N1CCOCC1)N1CCCCC1. The second-order valence-electron chi connectivity index (χ2n) is 5.99. The van der Waals surface area contributed by atoms with Crippen LogP contribution in [0.1, 0.15) is 31.1 Å². The van der Waals surface area contributed by atoms with Gasteiger partial charge < -0.3 is 9.15 Å². The molecule has 3 rings (SSSR count). The smallest absolute Gasteiger partial charge is 0.279 e. The Kier molecular flexibility index (Phi) is 5.71. The van der Waals surface area contributed by atoms with Crippen LogP contribution in [0.2, 0.25) is 0 Å². The molecule has 0 aliphatic carbocycles. The first-order valence-electron chi connectivity index (χ1n) is 8.27. The van der Waals surface area contributed by atoms with Gasteiger partial charge >= 0.3 is 0 Å². The Morgan fingerprint density at radius 3 is 2.52 bits per heavy atom. The van der Waals surface area contributed by atoms with Gasteiger partial charge in [0.2, 0.25) is 0 Å². The molecule has 0 aromatic carbocycles. The molecule has 130 valence electrons. The second-order valence-corrected chi connectivity index (χ2v) is 7.75. The quantitative estimate of drug-likeness (QED) is 0.833. The van der Waals surface area contributed by atoms with Gasteiger partial charge in [-0.2, -0.15) is 12.7 Å². The van der Waals surface area contributed by atoms with E-state index >= 15 is 0 Å². The van der Waals surface area contributed by atoms with E-state index in [4.69, 9.17) is 9.15 Å². The van der Waals surface area contributed by atoms with Crippen LogP contribution < -0.4 is 4.72 Å². The monoisotopic (exact) mass is 343 g/mol. The normalized spacial score (nSPS) is 23.0. The molecule has 0 amide bonds. The summed E-state index contributed by atoms with van der Waals surface area (Å²) in [4.78, 5) is 2.21. The zero-order valence-electron chi connectivity index (χ0n) is 13.3. The minimum absolute atomic E-state index is 0.103. The van der Waals surface area contributed by atoms with Crippen molar-refractivity contribution >= 4 is 10.2 Å². The molecule has 23 heavy (non-hydrogen) atoms. The molecule has 2 fully saturated rings. The molecule has 2 saturated heterocycles. The average Bonchev–Trinajstić information content (AvgIpc) is 3.11. The molecule has 0 spiro atoms. The molecule has 8 heteroatoms. The Morgan fingerprint density at radius 2 is 1.87 bits per heavy atom. The van der Waals surface area contributed by atoms with Gasteiger partial charge in [0.25, 0.3) is 10.2 Å². The van der Waals surface area contributed by atoms with Crippen LogP contribution in [0.25, 0.3) is 0 Å². The summed E-state index contributed by atoms with van der Waals surface area (Å²) in [7, 11) is -3.42. The summed E-state index contributed by atoms with van der Waals surface area (Å²) in [5.41, 5.74) is 0. The highest BCUT2D eigenvalue weighted by Crippen LogP contribution is 2.22. The van der Waals surface area contributed by atoms with E-state index in [1.165, 1.54) is 0 Å². The van der Waals surface area contributed by atoms with Crippen molar-refractivity contribution in [3.05, 3.63) is 24.2 Å². The standard InChI is InChI=1S/C15H25N3O4S/c19-23(20,18-6-2-1-3-7-18)16-13-14(15-5-4-10-22-15)17-8-11-21-12-9-17/h4-5,10,14,16H,1-3,6-9,11-13H2. The van der Waals surface area contributed by atoms with Crippen LogP contribution in [0.15, 0.2) is 22.8 Å². The fourth-order valence-corrected chi connectivity index (χ4v) is 4.45. The zero-order chi connectivity index (χ0) is 16.1. The van der Waals surface area contributed by atoms with Crippen molar-refractivity contribution in [2.24, 2.45) is 0 Å². The lowest BCUT2D eigenvalue weighted by atomic mass is 10.2. The first-order chi connectivity index (χ1) is 11.2. The van der Waals surface area contributed by atoms with E-state index in [-0.39, 0.29) is 6.04 Å². The molecule has 2 aliphatic rings. The fourth-order valence-electron chi connectivity index (χ4n) is 3.16. The van der Waals surface area contributed by atoms with Gasteiger partial charge in [-0.3, -0.25) is 4.90 Å².